The van der Waals surface area contributed by atoms with Crippen LogP contribution in [0.15, 0.2) is 24.3 Å². The van der Waals surface area contributed by atoms with Crippen LogP contribution in [0, 0.1) is 0 Å². The number of para-hydroxylation sites is 1. The lowest BCUT2D eigenvalue weighted by atomic mass is 10.1. The van der Waals surface area contributed by atoms with Crippen molar-refractivity contribution in [3.8, 4) is 0 Å². The summed E-state index contributed by atoms with van der Waals surface area (Å²) in [5, 5.41) is 20.2. The maximum atomic E-state index is 12.7. The van der Waals surface area contributed by atoms with Gasteiger partial charge in [0.05, 0.1) is 22.9 Å². The van der Waals surface area contributed by atoms with E-state index in [1.165, 1.54) is 13.8 Å². The highest BCUT2D eigenvalue weighted by molar-refractivity contribution is 6.33. The number of carbonyl (C=O) groups is 4. The van der Waals surface area contributed by atoms with Crippen molar-refractivity contribution in [1.29, 1.82) is 0 Å². The van der Waals surface area contributed by atoms with Crippen LogP contribution in [0.3, 0.4) is 0 Å². The Morgan fingerprint density at radius 3 is 2.09 bits per heavy atom. The molecule has 0 radical (unpaired) electrons. The second kappa shape index (κ2) is 13.6. The maximum absolute atomic E-state index is 12.7. The van der Waals surface area contributed by atoms with Crippen molar-refractivity contribution < 1.29 is 24.3 Å². The summed E-state index contributed by atoms with van der Waals surface area (Å²) in [5.74, 6) is -1.79. The number of ketones is 1. The molecule has 0 fully saturated rings. The first-order valence-electron chi connectivity index (χ1n) is 10.1. The smallest absolute Gasteiger partial charge is 0.319 e. The van der Waals surface area contributed by atoms with Crippen molar-refractivity contribution in [2.45, 2.75) is 50.9 Å². The van der Waals surface area contributed by atoms with E-state index in [-0.39, 0.29) is 31.7 Å². The first-order chi connectivity index (χ1) is 15.1. The summed E-state index contributed by atoms with van der Waals surface area (Å²) < 4.78 is 0. The zero-order chi connectivity index (χ0) is 24.3. The van der Waals surface area contributed by atoms with Crippen LogP contribution in [0.1, 0.15) is 26.7 Å². The Kier molecular flexibility index (Phi) is 11.6. The number of hydrogen-bond acceptors (Lipinski definition) is 7. The lowest BCUT2D eigenvalue weighted by Gasteiger charge is -2.26. The van der Waals surface area contributed by atoms with Crippen molar-refractivity contribution in [2.75, 3.05) is 18.4 Å². The fourth-order valence-corrected chi connectivity index (χ4v) is 2.96. The van der Waals surface area contributed by atoms with Crippen LogP contribution in [0.5, 0.6) is 0 Å². The summed E-state index contributed by atoms with van der Waals surface area (Å²) >= 11 is 6.01. The van der Waals surface area contributed by atoms with Gasteiger partial charge in [-0.3, -0.25) is 14.4 Å². The highest BCUT2D eigenvalue weighted by Crippen LogP contribution is 2.20. The summed E-state index contributed by atoms with van der Waals surface area (Å²) in [6, 6.07) is 2.54. The third-order valence-electron chi connectivity index (χ3n) is 4.52. The van der Waals surface area contributed by atoms with Crippen molar-refractivity contribution >= 4 is 40.9 Å². The molecule has 1 rings (SSSR count). The van der Waals surface area contributed by atoms with E-state index in [0.717, 1.165) is 0 Å². The average Bonchev–Trinajstić information content (AvgIpc) is 2.72. The normalized spacial score (nSPS) is 14.4. The van der Waals surface area contributed by atoms with Crippen LogP contribution in [0.4, 0.5) is 10.5 Å². The van der Waals surface area contributed by atoms with E-state index in [2.05, 4.69) is 21.3 Å². The Bertz CT molecular complexity index is 806. The Morgan fingerprint density at radius 2 is 1.56 bits per heavy atom. The fraction of sp³-hybridized carbons (Fsp3) is 0.500. The van der Waals surface area contributed by atoms with Gasteiger partial charge in [0.1, 0.15) is 12.1 Å². The van der Waals surface area contributed by atoms with Gasteiger partial charge in [0.2, 0.25) is 11.8 Å². The number of rotatable bonds is 12. The molecule has 12 heteroatoms. The first kappa shape index (κ1) is 27.3. The summed E-state index contributed by atoms with van der Waals surface area (Å²) in [7, 11) is 0. The molecule has 9 N–H and O–H groups in total. The molecule has 1 aromatic rings. The summed E-state index contributed by atoms with van der Waals surface area (Å²) in [4.78, 5) is 49.3. The zero-order valence-corrected chi connectivity index (χ0v) is 18.8. The molecule has 32 heavy (non-hydrogen) atoms. The molecule has 0 saturated heterocycles. The van der Waals surface area contributed by atoms with Crippen LogP contribution >= 0.6 is 11.6 Å². The largest absolute Gasteiger partial charge is 0.391 e. The van der Waals surface area contributed by atoms with Gasteiger partial charge in [-0.2, -0.15) is 0 Å². The van der Waals surface area contributed by atoms with Crippen LogP contribution in [-0.4, -0.2) is 66.1 Å². The Balaban J connectivity index is 2.85. The van der Waals surface area contributed by atoms with Crippen molar-refractivity contribution in [3.05, 3.63) is 29.3 Å². The fourth-order valence-electron chi connectivity index (χ4n) is 2.78. The molecular weight excluding hydrogens is 440 g/mol. The van der Waals surface area contributed by atoms with Gasteiger partial charge >= 0.3 is 6.03 Å². The molecule has 0 spiro atoms. The number of halogens is 1. The van der Waals surface area contributed by atoms with Gasteiger partial charge in [0.15, 0.2) is 5.78 Å². The molecule has 0 aliphatic carbocycles. The maximum Gasteiger partial charge on any atom is 0.319 e. The highest BCUT2D eigenvalue weighted by atomic mass is 35.5. The number of Topliss-reactive ketones (excluding diaryl/α,β-unsaturated/α-hetero) is 1. The minimum absolute atomic E-state index is 0.0684. The number of hydrogen-bond donors (Lipinski definition) is 7. The summed E-state index contributed by atoms with van der Waals surface area (Å²) in [6.07, 6.45) is -1.000. The molecule has 178 valence electrons. The van der Waals surface area contributed by atoms with Gasteiger partial charge in [-0.05, 0) is 51.9 Å². The quantitative estimate of drug-likeness (QED) is 0.213. The van der Waals surface area contributed by atoms with Gasteiger partial charge < -0.3 is 37.8 Å². The number of benzene rings is 1. The molecule has 0 bridgehead atoms. The molecule has 0 aliphatic rings. The second-order valence-electron chi connectivity index (χ2n) is 7.18. The predicted octanol–water partition coefficient (Wildman–Crippen LogP) is -0.533. The molecule has 0 saturated carbocycles. The second-order valence-corrected chi connectivity index (χ2v) is 7.59. The number of nitrogens with two attached hydrogens (primary N) is 2. The van der Waals surface area contributed by atoms with Crippen LogP contribution in [-0.2, 0) is 14.4 Å². The minimum atomic E-state index is -1.36. The molecule has 4 atom stereocenters. The Hall–Kier alpha value is -2.73. The number of carbonyl (C=O) groups excluding carboxylic acids is 4. The summed E-state index contributed by atoms with van der Waals surface area (Å²) in [5.41, 5.74) is 11.3. The molecule has 0 aliphatic heterocycles. The van der Waals surface area contributed by atoms with E-state index in [9.17, 15) is 24.3 Å². The molecule has 4 unspecified atom stereocenters. The van der Waals surface area contributed by atoms with Crippen LogP contribution in [0.2, 0.25) is 5.02 Å². The van der Waals surface area contributed by atoms with E-state index in [1.54, 1.807) is 24.3 Å². The molecule has 0 heterocycles. The van der Waals surface area contributed by atoms with Crippen LogP contribution in [0.25, 0.3) is 0 Å². The van der Waals surface area contributed by atoms with E-state index >= 15 is 0 Å². The number of anilines is 1. The van der Waals surface area contributed by atoms with E-state index in [1.807, 2.05) is 0 Å². The third kappa shape index (κ3) is 8.79. The van der Waals surface area contributed by atoms with E-state index in [0.29, 0.717) is 10.7 Å². The monoisotopic (exact) mass is 470 g/mol. The molecule has 11 nitrogen and oxygen atoms in total. The minimum Gasteiger partial charge on any atom is -0.391 e. The van der Waals surface area contributed by atoms with Gasteiger partial charge in [-0.15, -0.1) is 0 Å². The average molecular weight is 471 g/mol. The Labute approximate surface area is 191 Å². The molecule has 1 aromatic carbocycles. The SMILES string of the molecule is CC(=O)C(CCN)NC(=O)C(NC(=O)C(CCN)NC(=O)Nc1ccccc1Cl)C(C)O. The van der Waals surface area contributed by atoms with Gasteiger partial charge in [-0.1, -0.05) is 23.7 Å². The molecule has 0 aromatic heterocycles. The lowest BCUT2D eigenvalue weighted by molar-refractivity contribution is -0.134. The van der Waals surface area contributed by atoms with Gasteiger partial charge in [-0.25, -0.2) is 4.79 Å². The van der Waals surface area contributed by atoms with Crippen LogP contribution < -0.4 is 32.7 Å². The number of nitrogens with one attached hydrogen (secondary N) is 4. The molecule has 4 amide bonds. The standard InChI is InChI=1S/C20H31ClN6O5/c1-11(28)14(7-9-22)24-19(31)17(12(2)29)27-18(30)16(8-10-23)26-20(32)25-15-6-4-3-5-13(15)21/h3-6,12,14,16-17,29H,7-10,22-23H2,1-2H3,(H,24,31)(H,27,30)(H2,25,26,32). The van der Waals surface area contributed by atoms with Crippen molar-refractivity contribution in [1.82, 2.24) is 16.0 Å². The number of aliphatic hydroxyl groups is 1. The lowest BCUT2D eigenvalue weighted by Crippen LogP contribution is -2.59. The first-order valence-corrected chi connectivity index (χ1v) is 10.5. The van der Waals surface area contributed by atoms with E-state index in [4.69, 9.17) is 23.1 Å². The predicted molar refractivity (Wildman–Crippen MR) is 121 cm³/mol. The summed E-state index contributed by atoms with van der Waals surface area (Å²) in [6.45, 7) is 2.85. The van der Waals surface area contributed by atoms with Crippen molar-refractivity contribution in [3.63, 3.8) is 0 Å². The number of amides is 4. The zero-order valence-electron chi connectivity index (χ0n) is 18.1. The molecular formula is C20H31ClN6O5. The number of aliphatic hydroxyl groups excluding tert-OH is 1. The van der Waals surface area contributed by atoms with Crippen molar-refractivity contribution in [2.24, 2.45) is 11.5 Å². The van der Waals surface area contributed by atoms with Gasteiger partial charge in [0, 0.05) is 0 Å². The number of urea groups is 1. The van der Waals surface area contributed by atoms with Gasteiger partial charge in [0.25, 0.3) is 0 Å². The topological polar surface area (TPSA) is 189 Å². The van der Waals surface area contributed by atoms with E-state index < -0.39 is 42.1 Å². The third-order valence-corrected chi connectivity index (χ3v) is 4.85. The highest BCUT2D eigenvalue weighted by Gasteiger charge is 2.31. The Morgan fingerprint density at radius 1 is 0.969 bits per heavy atom.